The molecule has 0 aliphatic rings. The van der Waals surface area contributed by atoms with Gasteiger partial charge in [-0.1, -0.05) is 30.3 Å². The fourth-order valence-corrected chi connectivity index (χ4v) is 2.73. The second-order valence-corrected chi connectivity index (χ2v) is 5.38. The molecule has 0 atom stereocenters. The lowest BCUT2D eigenvalue weighted by Gasteiger charge is -2.06. The number of fused-ring (bicyclic) bond motifs is 1. The Morgan fingerprint density at radius 1 is 1.18 bits per heavy atom. The number of hydrogen-bond acceptors (Lipinski definition) is 2. The van der Waals surface area contributed by atoms with Crippen LogP contribution in [0.2, 0.25) is 0 Å². The smallest absolute Gasteiger partial charge is 0.216 e. The van der Waals surface area contributed by atoms with Crippen LogP contribution in [0.1, 0.15) is 23.7 Å². The number of H-pyrrole nitrogens is 1. The van der Waals surface area contributed by atoms with Crippen molar-refractivity contribution in [3.63, 3.8) is 0 Å². The summed E-state index contributed by atoms with van der Waals surface area (Å²) in [6.07, 6.45) is 3.43. The number of benzene rings is 1. The van der Waals surface area contributed by atoms with Crippen LogP contribution in [0, 0.1) is 0 Å². The molecule has 4 nitrogen and oxygen atoms in total. The summed E-state index contributed by atoms with van der Waals surface area (Å²) < 4.78 is 0. The average Bonchev–Trinajstić information content (AvgIpc) is 2.86. The van der Waals surface area contributed by atoms with Crippen LogP contribution in [-0.4, -0.2) is 22.4 Å². The van der Waals surface area contributed by atoms with E-state index >= 15 is 0 Å². The zero-order chi connectivity index (χ0) is 15.4. The molecule has 0 aliphatic heterocycles. The molecule has 0 aliphatic carbocycles. The van der Waals surface area contributed by atoms with E-state index in [-0.39, 0.29) is 5.91 Å². The maximum absolute atomic E-state index is 11.1. The molecule has 22 heavy (non-hydrogen) atoms. The van der Waals surface area contributed by atoms with E-state index in [0.717, 1.165) is 23.9 Å². The SMILES string of the molecule is CC(=O)NCCc1c(Cc2ccccc2)[nH]c2ncccc12. The zero-order valence-corrected chi connectivity index (χ0v) is 12.6. The molecule has 2 aromatic heterocycles. The Morgan fingerprint density at radius 3 is 2.77 bits per heavy atom. The van der Waals surface area contributed by atoms with Crippen molar-refractivity contribution in [3.8, 4) is 0 Å². The first-order chi connectivity index (χ1) is 10.7. The van der Waals surface area contributed by atoms with E-state index in [9.17, 15) is 4.79 Å². The van der Waals surface area contributed by atoms with Gasteiger partial charge in [0.15, 0.2) is 0 Å². The first kappa shape index (κ1) is 14.3. The first-order valence-electron chi connectivity index (χ1n) is 7.47. The Bertz CT molecular complexity index is 777. The highest BCUT2D eigenvalue weighted by atomic mass is 16.1. The van der Waals surface area contributed by atoms with Gasteiger partial charge in [-0.3, -0.25) is 4.79 Å². The molecule has 2 N–H and O–H groups in total. The van der Waals surface area contributed by atoms with E-state index < -0.39 is 0 Å². The summed E-state index contributed by atoms with van der Waals surface area (Å²) in [5.74, 6) is 0.00238. The number of hydrogen-bond donors (Lipinski definition) is 2. The standard InChI is InChI=1S/C18H19N3O/c1-13(22)19-11-9-15-16-8-5-10-20-18(16)21-17(15)12-14-6-3-2-4-7-14/h2-8,10H,9,11-12H2,1H3,(H,19,22)(H,20,21). The molecule has 0 fully saturated rings. The van der Waals surface area contributed by atoms with Crippen molar-refractivity contribution >= 4 is 16.9 Å². The van der Waals surface area contributed by atoms with Crippen LogP contribution in [0.15, 0.2) is 48.7 Å². The Balaban J connectivity index is 1.91. The molecule has 1 aromatic carbocycles. The maximum Gasteiger partial charge on any atom is 0.216 e. The van der Waals surface area contributed by atoms with E-state index in [2.05, 4.69) is 33.5 Å². The van der Waals surface area contributed by atoms with Gasteiger partial charge in [0.25, 0.3) is 0 Å². The van der Waals surface area contributed by atoms with Gasteiger partial charge in [0.2, 0.25) is 5.91 Å². The molecular weight excluding hydrogens is 274 g/mol. The van der Waals surface area contributed by atoms with Crippen LogP contribution in [0.3, 0.4) is 0 Å². The number of amides is 1. The van der Waals surface area contributed by atoms with Gasteiger partial charge in [0.05, 0.1) is 0 Å². The van der Waals surface area contributed by atoms with Crippen LogP contribution < -0.4 is 5.32 Å². The van der Waals surface area contributed by atoms with Crippen LogP contribution in [0.4, 0.5) is 0 Å². The van der Waals surface area contributed by atoms with Crippen molar-refractivity contribution in [2.75, 3.05) is 6.54 Å². The highest BCUT2D eigenvalue weighted by Gasteiger charge is 2.12. The van der Waals surface area contributed by atoms with E-state index in [0.29, 0.717) is 6.54 Å². The molecule has 0 saturated carbocycles. The molecule has 3 aromatic rings. The Kier molecular flexibility index (Phi) is 4.19. The van der Waals surface area contributed by atoms with Crippen LogP contribution in [0.5, 0.6) is 0 Å². The molecule has 0 spiro atoms. The van der Waals surface area contributed by atoms with E-state index in [1.807, 2.05) is 24.3 Å². The topological polar surface area (TPSA) is 57.8 Å². The zero-order valence-electron chi connectivity index (χ0n) is 12.6. The van der Waals surface area contributed by atoms with Gasteiger partial charge in [-0.2, -0.15) is 0 Å². The monoisotopic (exact) mass is 293 g/mol. The van der Waals surface area contributed by atoms with Gasteiger partial charge in [0, 0.05) is 37.2 Å². The third-order valence-corrected chi connectivity index (χ3v) is 3.74. The molecule has 0 bridgehead atoms. The summed E-state index contributed by atoms with van der Waals surface area (Å²) in [5, 5.41) is 4.00. The van der Waals surface area contributed by atoms with Crippen molar-refractivity contribution in [1.29, 1.82) is 0 Å². The lowest BCUT2D eigenvalue weighted by Crippen LogP contribution is -2.22. The highest BCUT2D eigenvalue weighted by Crippen LogP contribution is 2.23. The number of nitrogens with zero attached hydrogens (tertiary/aromatic N) is 1. The van der Waals surface area contributed by atoms with Gasteiger partial charge in [-0.15, -0.1) is 0 Å². The number of nitrogens with one attached hydrogen (secondary N) is 2. The molecule has 112 valence electrons. The summed E-state index contributed by atoms with van der Waals surface area (Å²) in [7, 11) is 0. The number of carbonyl (C=O) groups is 1. The Hall–Kier alpha value is -2.62. The van der Waals surface area contributed by atoms with Gasteiger partial charge in [-0.05, 0) is 29.7 Å². The number of carbonyl (C=O) groups excluding carboxylic acids is 1. The van der Waals surface area contributed by atoms with Gasteiger partial charge in [-0.25, -0.2) is 4.98 Å². The summed E-state index contributed by atoms with van der Waals surface area (Å²) in [4.78, 5) is 18.9. The van der Waals surface area contributed by atoms with E-state index in [1.54, 1.807) is 13.1 Å². The van der Waals surface area contributed by atoms with Crippen LogP contribution in [-0.2, 0) is 17.6 Å². The predicted molar refractivity (Wildman–Crippen MR) is 87.7 cm³/mol. The average molecular weight is 293 g/mol. The van der Waals surface area contributed by atoms with Crippen molar-refractivity contribution < 1.29 is 4.79 Å². The minimum Gasteiger partial charge on any atom is -0.356 e. The van der Waals surface area contributed by atoms with E-state index in [4.69, 9.17) is 0 Å². The molecule has 1 amide bonds. The molecule has 3 rings (SSSR count). The fraction of sp³-hybridized carbons (Fsp3) is 0.222. The second kappa shape index (κ2) is 6.43. The number of aromatic nitrogens is 2. The van der Waals surface area contributed by atoms with Crippen molar-refractivity contribution in [3.05, 3.63) is 65.5 Å². The van der Waals surface area contributed by atoms with Crippen molar-refractivity contribution in [2.24, 2.45) is 0 Å². The summed E-state index contributed by atoms with van der Waals surface area (Å²) in [6, 6.07) is 14.4. The fourth-order valence-electron chi connectivity index (χ4n) is 2.73. The molecule has 4 heteroatoms. The number of aromatic amines is 1. The first-order valence-corrected chi connectivity index (χ1v) is 7.47. The van der Waals surface area contributed by atoms with Gasteiger partial charge in [0.1, 0.15) is 5.65 Å². The quantitative estimate of drug-likeness (QED) is 0.760. The largest absolute Gasteiger partial charge is 0.356 e. The minimum atomic E-state index is 0.00238. The summed E-state index contributed by atoms with van der Waals surface area (Å²) in [6.45, 7) is 2.18. The third kappa shape index (κ3) is 3.17. The number of rotatable bonds is 5. The molecule has 0 unspecified atom stereocenters. The lowest BCUT2D eigenvalue weighted by molar-refractivity contribution is -0.118. The van der Waals surface area contributed by atoms with Crippen molar-refractivity contribution in [1.82, 2.24) is 15.3 Å². The van der Waals surface area contributed by atoms with Crippen LogP contribution in [0.25, 0.3) is 11.0 Å². The second-order valence-electron chi connectivity index (χ2n) is 5.38. The normalized spacial score (nSPS) is 10.8. The third-order valence-electron chi connectivity index (χ3n) is 3.74. The maximum atomic E-state index is 11.1. The molecular formula is C18H19N3O. The van der Waals surface area contributed by atoms with Crippen molar-refractivity contribution in [2.45, 2.75) is 19.8 Å². The van der Waals surface area contributed by atoms with Crippen LogP contribution >= 0.6 is 0 Å². The predicted octanol–water partition coefficient (Wildman–Crippen LogP) is 2.83. The lowest BCUT2D eigenvalue weighted by atomic mass is 10.0. The Labute approximate surface area is 129 Å². The van der Waals surface area contributed by atoms with Gasteiger partial charge < -0.3 is 10.3 Å². The molecule has 0 radical (unpaired) electrons. The molecule has 2 heterocycles. The minimum absolute atomic E-state index is 0.00238. The highest BCUT2D eigenvalue weighted by molar-refractivity contribution is 5.81. The summed E-state index contributed by atoms with van der Waals surface area (Å²) >= 11 is 0. The molecule has 0 saturated heterocycles. The Morgan fingerprint density at radius 2 is 2.00 bits per heavy atom. The number of pyridine rings is 1. The van der Waals surface area contributed by atoms with E-state index in [1.165, 1.54) is 16.8 Å². The van der Waals surface area contributed by atoms with Gasteiger partial charge >= 0.3 is 0 Å². The summed E-state index contributed by atoms with van der Waals surface area (Å²) in [5.41, 5.74) is 4.58.